The minimum absolute atomic E-state index is 0.763. The zero-order valence-electron chi connectivity index (χ0n) is 11.3. The lowest BCUT2D eigenvalue weighted by atomic mass is 9.93. The van der Waals surface area contributed by atoms with E-state index in [1.807, 2.05) is 31.4 Å². The normalized spacial score (nSPS) is 14.0. The molecular weight excluding hydrogens is 238 g/mol. The Kier molecular flexibility index (Phi) is 3.11. The fourth-order valence-electron chi connectivity index (χ4n) is 2.44. The van der Waals surface area contributed by atoms with E-state index in [0.29, 0.717) is 0 Å². The fraction of sp³-hybridized carbons (Fsp3) is 0.429. The van der Waals surface area contributed by atoms with Crippen molar-refractivity contribution in [3.8, 4) is 11.3 Å². The van der Waals surface area contributed by atoms with Crippen LogP contribution >= 0.6 is 0 Å². The number of aromatic nitrogens is 4. The van der Waals surface area contributed by atoms with Crippen molar-refractivity contribution < 1.29 is 0 Å². The Morgan fingerprint density at radius 1 is 1.00 bits per heavy atom. The summed E-state index contributed by atoms with van der Waals surface area (Å²) in [4.78, 5) is 19.5. The first-order valence-electron chi connectivity index (χ1n) is 6.58. The first-order chi connectivity index (χ1) is 9.25. The predicted octanol–water partition coefficient (Wildman–Crippen LogP) is 1.88. The average molecular weight is 255 g/mol. The molecule has 0 saturated carbocycles. The summed E-state index contributed by atoms with van der Waals surface area (Å²) >= 11 is 0. The van der Waals surface area contributed by atoms with Crippen LogP contribution < -0.4 is 4.90 Å². The van der Waals surface area contributed by atoms with Crippen molar-refractivity contribution in [2.75, 3.05) is 19.0 Å². The van der Waals surface area contributed by atoms with Gasteiger partial charge in [0.2, 0.25) is 5.95 Å². The molecule has 0 spiro atoms. The first-order valence-corrected chi connectivity index (χ1v) is 6.58. The SMILES string of the molecule is CN(C)c1nc2c(c(-c3cncnc3)n1)CCCC2. The summed E-state index contributed by atoms with van der Waals surface area (Å²) in [5.41, 5.74) is 4.43. The van der Waals surface area contributed by atoms with E-state index >= 15 is 0 Å². The van der Waals surface area contributed by atoms with Crippen LogP contribution in [-0.2, 0) is 12.8 Å². The van der Waals surface area contributed by atoms with Crippen LogP contribution in [0.3, 0.4) is 0 Å². The Hall–Kier alpha value is -2.04. The maximum atomic E-state index is 4.69. The third-order valence-corrected chi connectivity index (χ3v) is 3.41. The van der Waals surface area contributed by atoms with Crippen LogP contribution in [0.4, 0.5) is 5.95 Å². The van der Waals surface area contributed by atoms with Gasteiger partial charge in [0.15, 0.2) is 0 Å². The lowest BCUT2D eigenvalue weighted by molar-refractivity contribution is 0.663. The molecule has 0 unspecified atom stereocenters. The van der Waals surface area contributed by atoms with Crippen molar-refractivity contribution in [2.24, 2.45) is 0 Å². The van der Waals surface area contributed by atoms with Crippen LogP contribution in [0, 0.1) is 0 Å². The number of hydrogen-bond donors (Lipinski definition) is 0. The van der Waals surface area contributed by atoms with Crippen LogP contribution in [0.15, 0.2) is 18.7 Å². The lowest BCUT2D eigenvalue weighted by Crippen LogP contribution is -2.17. The Labute approximate surface area is 112 Å². The van der Waals surface area contributed by atoms with Crippen LogP contribution in [0.5, 0.6) is 0 Å². The van der Waals surface area contributed by atoms with Gasteiger partial charge in [-0.25, -0.2) is 19.9 Å². The third kappa shape index (κ3) is 2.28. The smallest absolute Gasteiger partial charge is 0.225 e. The number of nitrogens with zero attached hydrogens (tertiary/aromatic N) is 5. The molecule has 1 aliphatic carbocycles. The Morgan fingerprint density at radius 2 is 1.74 bits per heavy atom. The van der Waals surface area contributed by atoms with E-state index in [2.05, 4.69) is 15.0 Å². The lowest BCUT2D eigenvalue weighted by Gasteiger charge is -2.21. The first kappa shape index (κ1) is 12.0. The molecule has 0 amide bonds. The molecule has 0 aliphatic heterocycles. The molecule has 0 aromatic carbocycles. The van der Waals surface area contributed by atoms with E-state index in [4.69, 9.17) is 4.98 Å². The largest absolute Gasteiger partial charge is 0.347 e. The van der Waals surface area contributed by atoms with E-state index in [0.717, 1.165) is 30.0 Å². The van der Waals surface area contributed by atoms with Gasteiger partial charge in [0, 0.05) is 43.3 Å². The molecular formula is C14H17N5. The topological polar surface area (TPSA) is 54.8 Å². The molecule has 0 bridgehead atoms. The summed E-state index contributed by atoms with van der Waals surface area (Å²) in [6.07, 6.45) is 9.70. The standard InChI is InChI=1S/C14H17N5/c1-19(2)14-17-12-6-4-3-5-11(12)13(18-14)10-7-15-9-16-8-10/h7-9H,3-6H2,1-2H3. The average Bonchev–Trinajstić information content (AvgIpc) is 2.47. The van der Waals surface area contributed by atoms with Gasteiger partial charge in [0.05, 0.1) is 5.69 Å². The summed E-state index contributed by atoms with van der Waals surface area (Å²) in [7, 11) is 3.94. The minimum atomic E-state index is 0.763. The highest BCUT2D eigenvalue weighted by Gasteiger charge is 2.19. The zero-order valence-corrected chi connectivity index (χ0v) is 11.3. The summed E-state index contributed by atoms with van der Waals surface area (Å²) in [5.74, 6) is 0.763. The third-order valence-electron chi connectivity index (χ3n) is 3.41. The van der Waals surface area contributed by atoms with Crippen molar-refractivity contribution in [3.63, 3.8) is 0 Å². The van der Waals surface area contributed by atoms with Gasteiger partial charge in [0.25, 0.3) is 0 Å². The van der Waals surface area contributed by atoms with Gasteiger partial charge in [0.1, 0.15) is 6.33 Å². The molecule has 0 saturated heterocycles. The highest BCUT2D eigenvalue weighted by atomic mass is 15.2. The Bertz CT molecular complexity index is 580. The summed E-state index contributed by atoms with van der Waals surface area (Å²) < 4.78 is 0. The van der Waals surface area contributed by atoms with Crippen molar-refractivity contribution in [1.82, 2.24) is 19.9 Å². The van der Waals surface area contributed by atoms with Gasteiger partial charge in [-0.3, -0.25) is 0 Å². The van der Waals surface area contributed by atoms with E-state index in [-0.39, 0.29) is 0 Å². The van der Waals surface area contributed by atoms with Gasteiger partial charge < -0.3 is 4.90 Å². The second-order valence-electron chi connectivity index (χ2n) is 5.03. The van der Waals surface area contributed by atoms with E-state index in [9.17, 15) is 0 Å². The van der Waals surface area contributed by atoms with Crippen LogP contribution in [0.25, 0.3) is 11.3 Å². The summed E-state index contributed by atoms with van der Waals surface area (Å²) in [5, 5.41) is 0. The molecule has 2 heterocycles. The molecule has 0 fully saturated rings. The zero-order chi connectivity index (χ0) is 13.2. The van der Waals surface area contributed by atoms with Crippen molar-refractivity contribution in [3.05, 3.63) is 30.0 Å². The van der Waals surface area contributed by atoms with Gasteiger partial charge in [-0.1, -0.05) is 0 Å². The van der Waals surface area contributed by atoms with E-state index in [1.165, 1.54) is 24.1 Å². The Morgan fingerprint density at radius 3 is 2.47 bits per heavy atom. The second-order valence-corrected chi connectivity index (χ2v) is 5.03. The Balaban J connectivity index is 2.19. The fourth-order valence-corrected chi connectivity index (χ4v) is 2.44. The summed E-state index contributed by atoms with van der Waals surface area (Å²) in [6.45, 7) is 0. The van der Waals surface area contributed by atoms with Crippen LogP contribution in [0.1, 0.15) is 24.1 Å². The number of aryl methyl sites for hydroxylation is 1. The quantitative estimate of drug-likeness (QED) is 0.820. The molecule has 19 heavy (non-hydrogen) atoms. The van der Waals surface area contributed by atoms with Crippen molar-refractivity contribution >= 4 is 5.95 Å². The number of anilines is 1. The maximum absolute atomic E-state index is 4.69. The molecule has 3 rings (SSSR count). The highest BCUT2D eigenvalue weighted by Crippen LogP contribution is 2.29. The molecule has 1 aliphatic rings. The van der Waals surface area contributed by atoms with Gasteiger partial charge in [-0.2, -0.15) is 0 Å². The number of fused-ring (bicyclic) bond motifs is 1. The van der Waals surface area contributed by atoms with Crippen LogP contribution in [-0.4, -0.2) is 34.0 Å². The van der Waals surface area contributed by atoms with E-state index in [1.54, 1.807) is 6.33 Å². The van der Waals surface area contributed by atoms with Crippen molar-refractivity contribution in [2.45, 2.75) is 25.7 Å². The molecule has 2 aromatic heterocycles. The van der Waals surface area contributed by atoms with Crippen LogP contribution in [0.2, 0.25) is 0 Å². The van der Waals surface area contributed by atoms with Gasteiger partial charge in [-0.15, -0.1) is 0 Å². The van der Waals surface area contributed by atoms with E-state index < -0.39 is 0 Å². The number of hydrogen-bond acceptors (Lipinski definition) is 5. The monoisotopic (exact) mass is 255 g/mol. The predicted molar refractivity (Wildman–Crippen MR) is 74.0 cm³/mol. The second kappa shape index (κ2) is 4.91. The molecule has 98 valence electrons. The molecule has 0 atom stereocenters. The molecule has 5 nitrogen and oxygen atoms in total. The highest BCUT2D eigenvalue weighted by molar-refractivity contribution is 5.64. The van der Waals surface area contributed by atoms with Gasteiger partial charge >= 0.3 is 0 Å². The molecule has 0 radical (unpaired) electrons. The molecule has 2 aromatic rings. The maximum Gasteiger partial charge on any atom is 0.225 e. The van der Waals surface area contributed by atoms with Gasteiger partial charge in [-0.05, 0) is 25.7 Å². The number of rotatable bonds is 2. The molecule has 0 N–H and O–H groups in total. The summed E-state index contributed by atoms with van der Waals surface area (Å²) in [6, 6.07) is 0. The minimum Gasteiger partial charge on any atom is -0.347 e. The van der Waals surface area contributed by atoms with Crippen molar-refractivity contribution in [1.29, 1.82) is 0 Å². The molecule has 5 heteroatoms.